The van der Waals surface area contributed by atoms with Gasteiger partial charge in [0.05, 0.1) is 23.5 Å². The van der Waals surface area contributed by atoms with Crippen molar-refractivity contribution in [2.75, 3.05) is 34.3 Å². The van der Waals surface area contributed by atoms with Crippen LogP contribution in [0.5, 0.6) is 5.75 Å². The second-order valence-electron chi connectivity index (χ2n) is 7.75. The lowest BCUT2D eigenvalue weighted by Gasteiger charge is -2.24. The fraction of sp³-hybridized carbons (Fsp3) is 0.348. The average Bonchev–Trinajstić information content (AvgIpc) is 3.35. The summed E-state index contributed by atoms with van der Waals surface area (Å²) in [4.78, 5) is 4.82. The van der Waals surface area contributed by atoms with E-state index >= 15 is 0 Å². The molecule has 1 saturated heterocycles. The Kier molecular flexibility index (Phi) is 5.90. The maximum absolute atomic E-state index is 6.52. The quantitative estimate of drug-likeness (QED) is 0.605. The number of ether oxygens (including phenoxy) is 1. The number of nitrogens with zero attached hydrogens (tertiary/aromatic N) is 4. The van der Waals surface area contributed by atoms with Crippen LogP contribution in [0.15, 0.2) is 54.7 Å². The molecule has 1 unspecified atom stereocenters. The van der Waals surface area contributed by atoms with Gasteiger partial charge in [0.1, 0.15) is 5.75 Å². The molecule has 0 spiro atoms. The second kappa shape index (κ2) is 8.57. The zero-order valence-corrected chi connectivity index (χ0v) is 17.9. The maximum Gasteiger partial charge on any atom is 0.119 e. The van der Waals surface area contributed by atoms with E-state index in [1.165, 1.54) is 12.0 Å². The van der Waals surface area contributed by atoms with Crippen LogP contribution in [0.2, 0.25) is 5.02 Å². The van der Waals surface area contributed by atoms with Gasteiger partial charge in [-0.25, -0.2) is 4.68 Å². The minimum absolute atomic E-state index is 0.559. The predicted octanol–water partition coefficient (Wildman–Crippen LogP) is 4.34. The first-order valence-electron chi connectivity index (χ1n) is 9.92. The van der Waals surface area contributed by atoms with Crippen LogP contribution in [-0.2, 0) is 6.54 Å². The summed E-state index contributed by atoms with van der Waals surface area (Å²) in [7, 11) is 6.06. The predicted molar refractivity (Wildman–Crippen MR) is 118 cm³/mol. The van der Waals surface area contributed by atoms with Gasteiger partial charge in [0.2, 0.25) is 0 Å². The number of rotatable bonds is 6. The molecule has 152 valence electrons. The summed E-state index contributed by atoms with van der Waals surface area (Å²) in [6, 6.07) is 16.4. The third kappa shape index (κ3) is 4.32. The van der Waals surface area contributed by atoms with E-state index in [0.717, 1.165) is 47.4 Å². The molecule has 0 bridgehead atoms. The van der Waals surface area contributed by atoms with Gasteiger partial charge in [-0.2, -0.15) is 5.10 Å². The van der Waals surface area contributed by atoms with E-state index in [4.69, 9.17) is 21.4 Å². The SMILES string of the molecule is COc1ccc(-n2cc(CN(C)C3CCN(C)C3)c(-c3ccccc3Cl)n2)cc1. The smallest absolute Gasteiger partial charge is 0.119 e. The molecule has 2 aromatic carbocycles. The Morgan fingerprint density at radius 1 is 1.17 bits per heavy atom. The average molecular weight is 411 g/mol. The molecule has 1 atom stereocenters. The van der Waals surface area contributed by atoms with Gasteiger partial charge in [-0.05, 0) is 57.4 Å². The van der Waals surface area contributed by atoms with Crippen molar-refractivity contribution in [1.82, 2.24) is 19.6 Å². The van der Waals surface area contributed by atoms with Crippen LogP contribution >= 0.6 is 11.6 Å². The Morgan fingerprint density at radius 3 is 2.59 bits per heavy atom. The first-order valence-corrected chi connectivity index (χ1v) is 10.3. The van der Waals surface area contributed by atoms with E-state index < -0.39 is 0 Å². The monoisotopic (exact) mass is 410 g/mol. The van der Waals surface area contributed by atoms with Gasteiger partial charge in [0.15, 0.2) is 0 Å². The minimum atomic E-state index is 0.559. The van der Waals surface area contributed by atoms with E-state index in [-0.39, 0.29) is 0 Å². The molecule has 0 amide bonds. The van der Waals surface area contributed by atoms with Crippen LogP contribution in [0.4, 0.5) is 0 Å². The summed E-state index contributed by atoms with van der Waals surface area (Å²) in [5.41, 5.74) is 4.07. The molecule has 0 saturated carbocycles. The molecular formula is C23H27ClN4O. The highest BCUT2D eigenvalue weighted by Crippen LogP contribution is 2.31. The Bertz CT molecular complexity index is 969. The van der Waals surface area contributed by atoms with E-state index in [9.17, 15) is 0 Å². The van der Waals surface area contributed by atoms with Gasteiger partial charge < -0.3 is 9.64 Å². The van der Waals surface area contributed by atoms with Crippen LogP contribution in [0.25, 0.3) is 16.9 Å². The van der Waals surface area contributed by atoms with Gasteiger partial charge in [-0.15, -0.1) is 0 Å². The molecule has 0 N–H and O–H groups in total. The van der Waals surface area contributed by atoms with Crippen molar-refractivity contribution in [1.29, 1.82) is 0 Å². The summed E-state index contributed by atoms with van der Waals surface area (Å²) >= 11 is 6.52. The van der Waals surface area contributed by atoms with Crippen LogP contribution < -0.4 is 4.74 Å². The topological polar surface area (TPSA) is 33.5 Å². The maximum atomic E-state index is 6.52. The Balaban J connectivity index is 1.69. The van der Waals surface area contributed by atoms with Gasteiger partial charge in [0.25, 0.3) is 0 Å². The van der Waals surface area contributed by atoms with Gasteiger partial charge in [0, 0.05) is 36.5 Å². The number of hydrogen-bond donors (Lipinski definition) is 0. The van der Waals surface area contributed by atoms with Crippen LogP contribution in [-0.4, -0.2) is 59.9 Å². The van der Waals surface area contributed by atoms with E-state index in [0.29, 0.717) is 6.04 Å². The zero-order valence-electron chi connectivity index (χ0n) is 17.2. The fourth-order valence-electron chi connectivity index (χ4n) is 3.94. The van der Waals surface area contributed by atoms with Crippen molar-refractivity contribution < 1.29 is 4.74 Å². The van der Waals surface area contributed by atoms with Crippen LogP contribution in [0, 0.1) is 0 Å². The summed E-state index contributed by atoms with van der Waals surface area (Å²) in [5.74, 6) is 0.831. The highest BCUT2D eigenvalue weighted by Gasteiger charge is 2.25. The number of aromatic nitrogens is 2. The standard InChI is InChI=1S/C23H27ClN4O/c1-26-13-12-19(16-26)27(2)14-17-15-28(18-8-10-20(29-3)11-9-18)25-23(17)21-6-4-5-7-22(21)24/h4-11,15,19H,12-14,16H2,1-3H3. The number of hydrogen-bond acceptors (Lipinski definition) is 4. The normalized spacial score (nSPS) is 17.2. The van der Waals surface area contributed by atoms with Crippen molar-refractivity contribution >= 4 is 11.6 Å². The summed E-state index contributed by atoms with van der Waals surface area (Å²) in [6.07, 6.45) is 3.32. The number of likely N-dealkylation sites (tertiary alicyclic amines) is 1. The zero-order chi connectivity index (χ0) is 20.4. The molecule has 1 aliphatic heterocycles. The Morgan fingerprint density at radius 2 is 1.93 bits per heavy atom. The second-order valence-corrected chi connectivity index (χ2v) is 8.15. The van der Waals surface area contributed by atoms with Crippen molar-refractivity contribution in [2.24, 2.45) is 0 Å². The lowest BCUT2D eigenvalue weighted by Crippen LogP contribution is -2.33. The number of likely N-dealkylation sites (N-methyl/N-ethyl adjacent to an activating group) is 2. The molecule has 1 aliphatic rings. The van der Waals surface area contributed by atoms with E-state index in [2.05, 4.69) is 30.1 Å². The first kappa shape index (κ1) is 20.0. The summed E-state index contributed by atoms with van der Waals surface area (Å²) < 4.78 is 7.21. The molecule has 6 heteroatoms. The van der Waals surface area contributed by atoms with Gasteiger partial charge in [-0.1, -0.05) is 29.8 Å². The highest BCUT2D eigenvalue weighted by molar-refractivity contribution is 6.33. The number of halogens is 1. The molecule has 0 aliphatic carbocycles. The molecular weight excluding hydrogens is 384 g/mol. The summed E-state index contributed by atoms with van der Waals surface area (Å²) in [5, 5.41) is 5.64. The number of methoxy groups -OCH3 is 1. The Hall–Kier alpha value is -2.34. The molecule has 3 aromatic rings. The molecule has 5 nitrogen and oxygen atoms in total. The number of benzene rings is 2. The molecule has 29 heavy (non-hydrogen) atoms. The first-order chi connectivity index (χ1) is 14.0. The van der Waals surface area contributed by atoms with Crippen LogP contribution in [0.3, 0.4) is 0 Å². The molecule has 1 aromatic heterocycles. The highest BCUT2D eigenvalue weighted by atomic mass is 35.5. The lowest BCUT2D eigenvalue weighted by atomic mass is 10.1. The van der Waals surface area contributed by atoms with Crippen LogP contribution in [0.1, 0.15) is 12.0 Å². The van der Waals surface area contributed by atoms with Gasteiger partial charge in [-0.3, -0.25) is 4.90 Å². The minimum Gasteiger partial charge on any atom is -0.497 e. The third-order valence-corrected chi connectivity index (χ3v) is 6.00. The third-order valence-electron chi connectivity index (χ3n) is 5.67. The molecule has 0 radical (unpaired) electrons. The van der Waals surface area contributed by atoms with E-state index in [1.54, 1.807) is 7.11 Å². The van der Waals surface area contributed by atoms with Crippen molar-refractivity contribution in [3.05, 3.63) is 65.3 Å². The molecule has 4 rings (SSSR count). The van der Waals surface area contributed by atoms with Gasteiger partial charge >= 0.3 is 0 Å². The van der Waals surface area contributed by atoms with E-state index in [1.807, 2.05) is 53.2 Å². The molecule has 2 heterocycles. The largest absolute Gasteiger partial charge is 0.497 e. The Labute approximate surface area is 177 Å². The fourth-order valence-corrected chi connectivity index (χ4v) is 4.17. The molecule has 1 fully saturated rings. The van der Waals surface area contributed by atoms with Crippen molar-refractivity contribution in [3.8, 4) is 22.7 Å². The van der Waals surface area contributed by atoms with Crippen molar-refractivity contribution in [3.63, 3.8) is 0 Å². The van der Waals surface area contributed by atoms with Crippen molar-refractivity contribution in [2.45, 2.75) is 19.0 Å². The lowest BCUT2D eigenvalue weighted by molar-refractivity contribution is 0.234. The summed E-state index contributed by atoms with van der Waals surface area (Å²) in [6.45, 7) is 3.08.